The highest BCUT2D eigenvalue weighted by molar-refractivity contribution is 9.10. The van der Waals surface area contributed by atoms with E-state index in [-0.39, 0.29) is 6.61 Å². The molecule has 3 aromatic carbocycles. The lowest BCUT2D eigenvalue weighted by Gasteiger charge is -2.05. The van der Waals surface area contributed by atoms with Gasteiger partial charge in [0.05, 0.1) is 11.4 Å². The van der Waals surface area contributed by atoms with Gasteiger partial charge in [-0.25, -0.2) is 9.48 Å². The normalized spacial score (nSPS) is 10.9. The number of para-hydroxylation sites is 1. The van der Waals surface area contributed by atoms with E-state index in [9.17, 15) is 9.59 Å². The first-order valence-corrected chi connectivity index (χ1v) is 11.9. The lowest BCUT2D eigenvalue weighted by atomic mass is 10.1. The van der Waals surface area contributed by atoms with Crippen LogP contribution in [0.3, 0.4) is 0 Å². The molecule has 0 aliphatic rings. The van der Waals surface area contributed by atoms with Gasteiger partial charge < -0.3 is 10.1 Å². The molecule has 1 aromatic heterocycles. The van der Waals surface area contributed by atoms with E-state index in [0.717, 1.165) is 26.9 Å². The number of rotatable bonds is 8. The number of amides is 1. The fourth-order valence-corrected chi connectivity index (χ4v) is 3.64. The van der Waals surface area contributed by atoms with Crippen molar-refractivity contribution in [2.75, 3.05) is 6.61 Å². The second-order valence-corrected chi connectivity index (χ2v) is 8.92. The Morgan fingerprint density at radius 1 is 1.00 bits per heavy atom. The summed E-state index contributed by atoms with van der Waals surface area (Å²) in [5.41, 5.74) is 4.14. The average molecular weight is 551 g/mol. The molecule has 0 saturated carbocycles. The highest BCUT2D eigenvalue weighted by Crippen LogP contribution is 2.26. The molecule has 4 aromatic rings. The van der Waals surface area contributed by atoms with Crippen LogP contribution >= 0.6 is 27.5 Å². The number of esters is 1. The maximum Gasteiger partial charge on any atom is 0.331 e. The molecule has 8 heteroatoms. The first-order chi connectivity index (χ1) is 17.0. The Labute approximate surface area is 216 Å². The molecule has 176 valence electrons. The number of carbonyl (C=O) groups is 2. The van der Waals surface area contributed by atoms with Crippen LogP contribution < -0.4 is 5.32 Å². The third-order valence-electron chi connectivity index (χ3n) is 5.03. The van der Waals surface area contributed by atoms with Gasteiger partial charge in [0.1, 0.15) is 0 Å². The van der Waals surface area contributed by atoms with E-state index in [4.69, 9.17) is 21.4 Å². The van der Waals surface area contributed by atoms with Crippen LogP contribution in [0, 0.1) is 0 Å². The van der Waals surface area contributed by atoms with Gasteiger partial charge in [-0.15, -0.1) is 0 Å². The minimum absolute atomic E-state index is 0.318. The topological polar surface area (TPSA) is 73.2 Å². The van der Waals surface area contributed by atoms with Gasteiger partial charge in [-0.3, -0.25) is 4.79 Å². The van der Waals surface area contributed by atoms with E-state index in [0.29, 0.717) is 17.3 Å². The second-order valence-electron chi connectivity index (χ2n) is 7.56. The molecule has 1 heterocycles. The molecule has 1 amide bonds. The molecule has 0 bridgehead atoms. The molecule has 4 rings (SSSR count). The van der Waals surface area contributed by atoms with Gasteiger partial charge in [0.2, 0.25) is 0 Å². The van der Waals surface area contributed by atoms with Crippen molar-refractivity contribution >= 4 is 45.5 Å². The van der Waals surface area contributed by atoms with Crippen molar-refractivity contribution in [1.29, 1.82) is 0 Å². The van der Waals surface area contributed by atoms with E-state index >= 15 is 0 Å². The fourth-order valence-electron chi connectivity index (χ4n) is 3.25. The molecule has 0 radical (unpaired) electrons. The van der Waals surface area contributed by atoms with E-state index in [2.05, 4.69) is 21.2 Å². The second kappa shape index (κ2) is 11.6. The summed E-state index contributed by atoms with van der Waals surface area (Å²) in [6.45, 7) is -0.0573. The zero-order valence-corrected chi connectivity index (χ0v) is 20.9. The lowest BCUT2D eigenvalue weighted by molar-refractivity contribution is -0.143. The number of nitrogens with one attached hydrogen (secondary N) is 1. The summed E-state index contributed by atoms with van der Waals surface area (Å²) < 4.78 is 7.81. The Hall–Kier alpha value is -3.68. The number of ether oxygens (including phenoxy) is 1. The van der Waals surface area contributed by atoms with Crippen molar-refractivity contribution in [3.05, 3.63) is 112 Å². The van der Waals surface area contributed by atoms with E-state index in [1.54, 1.807) is 22.9 Å². The van der Waals surface area contributed by atoms with Crippen molar-refractivity contribution in [2.24, 2.45) is 0 Å². The van der Waals surface area contributed by atoms with Gasteiger partial charge in [0.25, 0.3) is 5.91 Å². The number of benzene rings is 3. The smallest absolute Gasteiger partial charge is 0.331 e. The molecule has 0 fully saturated rings. The summed E-state index contributed by atoms with van der Waals surface area (Å²) in [5, 5.41) is 8.04. The van der Waals surface area contributed by atoms with Crippen LogP contribution in [0.5, 0.6) is 0 Å². The predicted octanol–water partition coefficient (Wildman–Crippen LogP) is 5.83. The Morgan fingerprint density at radius 2 is 1.71 bits per heavy atom. The highest BCUT2D eigenvalue weighted by atomic mass is 79.9. The maximum atomic E-state index is 12.3. The van der Waals surface area contributed by atoms with Gasteiger partial charge >= 0.3 is 5.97 Å². The highest BCUT2D eigenvalue weighted by Gasteiger charge is 2.12. The number of hydrogen-bond acceptors (Lipinski definition) is 4. The molecule has 0 spiro atoms. The van der Waals surface area contributed by atoms with Gasteiger partial charge in [-0.1, -0.05) is 70.0 Å². The summed E-state index contributed by atoms with van der Waals surface area (Å²) in [4.78, 5) is 24.3. The molecule has 0 unspecified atom stereocenters. The van der Waals surface area contributed by atoms with E-state index in [1.807, 2.05) is 72.9 Å². The van der Waals surface area contributed by atoms with Gasteiger partial charge in [-0.2, -0.15) is 5.10 Å². The van der Waals surface area contributed by atoms with Gasteiger partial charge in [-0.05, 0) is 48.0 Å². The first-order valence-electron chi connectivity index (χ1n) is 10.7. The van der Waals surface area contributed by atoms with Crippen molar-refractivity contribution in [3.8, 4) is 16.9 Å². The molecule has 1 N–H and O–H groups in total. The molecule has 0 saturated heterocycles. The number of hydrogen-bond donors (Lipinski definition) is 1. The third kappa shape index (κ3) is 6.91. The Morgan fingerprint density at radius 3 is 2.43 bits per heavy atom. The monoisotopic (exact) mass is 549 g/mol. The van der Waals surface area contributed by atoms with Gasteiger partial charge in [0, 0.05) is 39.4 Å². The summed E-state index contributed by atoms with van der Waals surface area (Å²) in [6, 6.07) is 24.6. The van der Waals surface area contributed by atoms with Gasteiger partial charge in [0.15, 0.2) is 6.61 Å². The Kier molecular flexibility index (Phi) is 8.13. The molecule has 35 heavy (non-hydrogen) atoms. The minimum atomic E-state index is -0.624. The third-order valence-corrected chi connectivity index (χ3v) is 5.81. The first kappa shape index (κ1) is 24.4. The molecule has 0 aliphatic carbocycles. The quantitative estimate of drug-likeness (QED) is 0.221. The number of nitrogens with zero attached hydrogens (tertiary/aromatic N) is 2. The van der Waals surface area contributed by atoms with Crippen molar-refractivity contribution in [3.63, 3.8) is 0 Å². The van der Waals surface area contributed by atoms with Crippen LogP contribution in [0.2, 0.25) is 5.02 Å². The minimum Gasteiger partial charge on any atom is -0.452 e. The van der Waals surface area contributed by atoms with Crippen LogP contribution in [-0.2, 0) is 20.9 Å². The van der Waals surface area contributed by atoms with Crippen LogP contribution in [0.4, 0.5) is 0 Å². The summed E-state index contributed by atoms with van der Waals surface area (Å²) in [7, 11) is 0. The van der Waals surface area contributed by atoms with Crippen molar-refractivity contribution < 1.29 is 14.3 Å². The Bertz CT molecular complexity index is 1330. The largest absolute Gasteiger partial charge is 0.452 e. The standard InChI is InChI=1S/C27H21BrClN3O3/c28-22-11-8-20(9-12-22)27-21(17-32(31-27)24-4-2-1-3-5-24)10-15-26(34)35-18-25(33)30-16-19-6-13-23(29)14-7-19/h1-15,17H,16,18H2,(H,30,33). The van der Waals surface area contributed by atoms with E-state index in [1.165, 1.54) is 6.08 Å². The van der Waals surface area contributed by atoms with Crippen molar-refractivity contribution in [1.82, 2.24) is 15.1 Å². The zero-order chi connectivity index (χ0) is 24.6. The summed E-state index contributed by atoms with van der Waals surface area (Å²) >= 11 is 9.30. The maximum absolute atomic E-state index is 12.3. The SMILES string of the molecule is O=C(COC(=O)C=Cc1cn(-c2ccccc2)nc1-c1ccc(Br)cc1)NCc1ccc(Cl)cc1. The number of halogens is 2. The average Bonchev–Trinajstić information content (AvgIpc) is 3.31. The molecule has 6 nitrogen and oxygen atoms in total. The molecule has 0 aliphatic heterocycles. The number of carbonyl (C=O) groups excluding carboxylic acids is 2. The molecular weight excluding hydrogens is 530 g/mol. The fraction of sp³-hybridized carbons (Fsp3) is 0.0741. The molecule has 0 atom stereocenters. The van der Waals surface area contributed by atoms with Crippen LogP contribution in [-0.4, -0.2) is 28.3 Å². The lowest BCUT2D eigenvalue weighted by Crippen LogP contribution is -2.28. The van der Waals surface area contributed by atoms with E-state index < -0.39 is 11.9 Å². The molecular formula is C27H21BrClN3O3. The van der Waals surface area contributed by atoms with Crippen LogP contribution in [0.1, 0.15) is 11.1 Å². The van der Waals surface area contributed by atoms with Crippen LogP contribution in [0.25, 0.3) is 23.0 Å². The Balaban J connectivity index is 1.41. The summed E-state index contributed by atoms with van der Waals surface area (Å²) in [5.74, 6) is -1.02. The van der Waals surface area contributed by atoms with Crippen molar-refractivity contribution in [2.45, 2.75) is 6.54 Å². The van der Waals surface area contributed by atoms with Crippen LogP contribution in [0.15, 0.2) is 95.6 Å². The number of aromatic nitrogens is 2. The summed E-state index contributed by atoms with van der Waals surface area (Å²) in [6.07, 6.45) is 4.77. The predicted molar refractivity (Wildman–Crippen MR) is 140 cm³/mol. The zero-order valence-electron chi connectivity index (χ0n) is 18.5.